The van der Waals surface area contributed by atoms with E-state index in [2.05, 4.69) is 36.3 Å². The molecule has 0 saturated carbocycles. The van der Waals surface area contributed by atoms with E-state index in [0.717, 1.165) is 25.3 Å². The van der Waals surface area contributed by atoms with Crippen molar-refractivity contribution in [2.75, 3.05) is 13.2 Å². The molecule has 0 aromatic carbocycles. The monoisotopic (exact) mass is 254 g/mol. The molecule has 18 heavy (non-hydrogen) atoms. The smallest absolute Gasteiger partial charge is 0.157 e. The maximum absolute atomic E-state index is 5.69. The van der Waals surface area contributed by atoms with Crippen molar-refractivity contribution in [2.45, 2.75) is 58.3 Å². The molecule has 2 rings (SSSR count). The lowest BCUT2D eigenvalue weighted by atomic mass is 9.96. The van der Waals surface area contributed by atoms with E-state index < -0.39 is 0 Å². The number of aromatic nitrogens is 4. The van der Waals surface area contributed by atoms with Crippen molar-refractivity contribution in [3.63, 3.8) is 0 Å². The lowest BCUT2D eigenvalue weighted by Gasteiger charge is -2.23. The first-order valence-corrected chi connectivity index (χ1v) is 6.57. The van der Waals surface area contributed by atoms with Gasteiger partial charge in [-0.15, -0.1) is 5.10 Å². The van der Waals surface area contributed by atoms with E-state index >= 15 is 0 Å². The fourth-order valence-corrected chi connectivity index (χ4v) is 2.01. The second-order valence-corrected chi connectivity index (χ2v) is 5.64. The minimum absolute atomic E-state index is 0.0479. The van der Waals surface area contributed by atoms with Crippen molar-refractivity contribution in [1.82, 2.24) is 20.2 Å². The Bertz CT molecular complexity index is 366. The molecular weight excluding hydrogens is 232 g/mol. The number of hydrogen-bond acceptors (Lipinski definition) is 5. The fraction of sp³-hybridized carbons (Fsp3) is 0.917. The molecule has 0 amide bonds. The van der Waals surface area contributed by atoms with E-state index in [1.165, 1.54) is 6.42 Å². The van der Waals surface area contributed by atoms with E-state index in [0.29, 0.717) is 13.2 Å². The number of hydrogen-bond donors (Lipinski definition) is 0. The fourth-order valence-electron chi connectivity index (χ4n) is 2.01. The average Bonchev–Trinajstić information content (AvgIpc) is 2.78. The lowest BCUT2D eigenvalue weighted by Crippen LogP contribution is -2.26. The Morgan fingerprint density at radius 1 is 1.39 bits per heavy atom. The van der Waals surface area contributed by atoms with Gasteiger partial charge in [0.1, 0.15) is 0 Å². The van der Waals surface area contributed by atoms with Crippen molar-refractivity contribution in [3.8, 4) is 0 Å². The second-order valence-electron chi connectivity index (χ2n) is 5.64. The van der Waals surface area contributed by atoms with Crippen molar-refractivity contribution in [1.29, 1.82) is 0 Å². The Morgan fingerprint density at radius 3 is 2.89 bits per heavy atom. The Balaban J connectivity index is 1.81. The van der Waals surface area contributed by atoms with Crippen LogP contribution < -0.4 is 0 Å². The molecule has 6 nitrogen and oxygen atoms in total. The Morgan fingerprint density at radius 2 is 2.22 bits per heavy atom. The van der Waals surface area contributed by atoms with E-state index in [4.69, 9.17) is 9.47 Å². The highest BCUT2D eigenvalue weighted by molar-refractivity contribution is 4.98. The van der Waals surface area contributed by atoms with Crippen LogP contribution in [0, 0.1) is 0 Å². The summed E-state index contributed by atoms with van der Waals surface area (Å²) in [6, 6.07) is 0. The minimum Gasteiger partial charge on any atom is -0.353 e. The third-order valence-corrected chi connectivity index (χ3v) is 2.95. The number of tetrazole rings is 1. The van der Waals surface area contributed by atoms with Gasteiger partial charge in [-0.05, 0) is 29.7 Å². The van der Waals surface area contributed by atoms with Crippen molar-refractivity contribution in [3.05, 3.63) is 5.82 Å². The molecule has 1 aliphatic rings. The van der Waals surface area contributed by atoms with Crippen LogP contribution in [0.1, 0.15) is 45.9 Å². The van der Waals surface area contributed by atoms with Gasteiger partial charge in [0.25, 0.3) is 0 Å². The van der Waals surface area contributed by atoms with Gasteiger partial charge in [0.2, 0.25) is 0 Å². The third-order valence-electron chi connectivity index (χ3n) is 2.95. The summed E-state index contributed by atoms with van der Waals surface area (Å²) in [5.74, 6) is 0.885. The zero-order valence-corrected chi connectivity index (χ0v) is 11.4. The molecule has 2 heterocycles. The topological polar surface area (TPSA) is 62.1 Å². The summed E-state index contributed by atoms with van der Waals surface area (Å²) >= 11 is 0. The van der Waals surface area contributed by atoms with Gasteiger partial charge < -0.3 is 9.47 Å². The SMILES string of the molecule is CC(C)(C)c1nnnn1CCOC1CCCCO1. The molecule has 102 valence electrons. The first-order chi connectivity index (χ1) is 8.57. The first kappa shape index (κ1) is 13.4. The van der Waals surface area contributed by atoms with E-state index in [1.54, 1.807) is 0 Å². The number of nitrogens with zero attached hydrogens (tertiary/aromatic N) is 4. The average molecular weight is 254 g/mol. The van der Waals surface area contributed by atoms with Gasteiger partial charge in [-0.3, -0.25) is 0 Å². The molecule has 0 spiro atoms. The Labute approximate surface area is 108 Å². The molecule has 6 heteroatoms. The zero-order valence-electron chi connectivity index (χ0n) is 11.4. The van der Waals surface area contributed by atoms with Crippen LogP contribution in [0.15, 0.2) is 0 Å². The largest absolute Gasteiger partial charge is 0.353 e. The molecule has 1 aliphatic heterocycles. The Kier molecular flexibility index (Phi) is 4.29. The van der Waals surface area contributed by atoms with Gasteiger partial charge in [-0.2, -0.15) is 0 Å². The summed E-state index contributed by atoms with van der Waals surface area (Å²) in [4.78, 5) is 0. The summed E-state index contributed by atoms with van der Waals surface area (Å²) in [5, 5.41) is 11.8. The number of rotatable bonds is 4. The quantitative estimate of drug-likeness (QED) is 0.815. The van der Waals surface area contributed by atoms with Gasteiger partial charge in [-0.1, -0.05) is 20.8 Å². The standard InChI is InChI=1S/C12H22N4O2/c1-12(2,3)11-13-14-15-16(11)7-9-18-10-6-4-5-8-17-10/h10H,4-9H2,1-3H3. The number of ether oxygens (including phenoxy) is 2. The normalized spacial score (nSPS) is 21.2. The van der Waals surface area contributed by atoms with E-state index in [-0.39, 0.29) is 11.7 Å². The summed E-state index contributed by atoms with van der Waals surface area (Å²) in [7, 11) is 0. The highest BCUT2D eigenvalue weighted by Gasteiger charge is 2.22. The molecule has 1 aromatic heterocycles. The van der Waals surface area contributed by atoms with Crippen LogP contribution in [-0.4, -0.2) is 39.7 Å². The van der Waals surface area contributed by atoms with Crippen molar-refractivity contribution in [2.24, 2.45) is 0 Å². The van der Waals surface area contributed by atoms with Crippen LogP contribution in [-0.2, 0) is 21.4 Å². The summed E-state index contributed by atoms with van der Waals surface area (Å²) in [6.45, 7) is 8.35. The molecule has 1 fully saturated rings. The maximum atomic E-state index is 5.69. The summed E-state index contributed by atoms with van der Waals surface area (Å²) in [5.41, 5.74) is -0.0508. The van der Waals surface area contributed by atoms with Gasteiger partial charge in [0.05, 0.1) is 13.2 Å². The molecule has 1 aromatic rings. The molecule has 1 saturated heterocycles. The van der Waals surface area contributed by atoms with Crippen LogP contribution >= 0.6 is 0 Å². The van der Waals surface area contributed by atoms with E-state index in [1.807, 2.05) is 4.68 Å². The van der Waals surface area contributed by atoms with Crippen LogP contribution in [0.4, 0.5) is 0 Å². The van der Waals surface area contributed by atoms with Crippen LogP contribution in [0.2, 0.25) is 0 Å². The molecule has 0 bridgehead atoms. The molecule has 1 unspecified atom stereocenters. The zero-order chi connectivity index (χ0) is 13.0. The van der Waals surface area contributed by atoms with Gasteiger partial charge in [-0.25, -0.2) is 4.68 Å². The minimum atomic E-state index is -0.0508. The van der Waals surface area contributed by atoms with Gasteiger partial charge >= 0.3 is 0 Å². The molecule has 0 N–H and O–H groups in total. The Hall–Kier alpha value is -1.01. The predicted octanol–water partition coefficient (Wildman–Crippen LogP) is 1.51. The first-order valence-electron chi connectivity index (χ1n) is 6.57. The highest BCUT2D eigenvalue weighted by Crippen LogP contribution is 2.18. The van der Waals surface area contributed by atoms with Gasteiger partial charge in [0, 0.05) is 12.0 Å². The molecule has 0 radical (unpaired) electrons. The van der Waals surface area contributed by atoms with Crippen molar-refractivity contribution >= 4 is 0 Å². The summed E-state index contributed by atoms with van der Waals surface area (Å²) < 4.78 is 13.0. The lowest BCUT2D eigenvalue weighted by molar-refractivity contribution is -0.164. The highest BCUT2D eigenvalue weighted by atomic mass is 16.7. The second kappa shape index (κ2) is 5.75. The third kappa shape index (κ3) is 3.49. The van der Waals surface area contributed by atoms with E-state index in [9.17, 15) is 0 Å². The summed E-state index contributed by atoms with van der Waals surface area (Å²) in [6.07, 6.45) is 3.26. The predicted molar refractivity (Wildman–Crippen MR) is 66.1 cm³/mol. The molecule has 0 aliphatic carbocycles. The molecule has 1 atom stereocenters. The van der Waals surface area contributed by atoms with Crippen LogP contribution in [0.3, 0.4) is 0 Å². The molecular formula is C12H22N4O2. The maximum Gasteiger partial charge on any atom is 0.157 e. The van der Waals surface area contributed by atoms with Gasteiger partial charge in [0.15, 0.2) is 12.1 Å². The van der Waals surface area contributed by atoms with Crippen LogP contribution in [0.5, 0.6) is 0 Å². The van der Waals surface area contributed by atoms with Crippen molar-refractivity contribution < 1.29 is 9.47 Å². The van der Waals surface area contributed by atoms with Crippen LogP contribution in [0.25, 0.3) is 0 Å².